The molecule has 134 valence electrons. The Labute approximate surface area is 149 Å². The van der Waals surface area contributed by atoms with Crippen molar-refractivity contribution in [2.75, 3.05) is 23.2 Å². The first-order valence-corrected chi connectivity index (χ1v) is 9.12. The highest BCUT2D eigenvalue weighted by atomic mass is 35.5. The Bertz CT molecular complexity index is 873. The van der Waals surface area contributed by atoms with Crippen LogP contribution in [0.4, 0.5) is 17.1 Å². The van der Waals surface area contributed by atoms with Gasteiger partial charge in [-0.15, -0.1) is 0 Å². The predicted molar refractivity (Wildman–Crippen MR) is 95.5 cm³/mol. The van der Waals surface area contributed by atoms with Crippen LogP contribution in [0.3, 0.4) is 0 Å². The zero-order valence-corrected chi connectivity index (χ0v) is 14.5. The van der Waals surface area contributed by atoms with Gasteiger partial charge in [0.1, 0.15) is 5.69 Å². The molecule has 0 aliphatic heterocycles. The molecule has 0 saturated heterocycles. The molecule has 0 unspecified atom stereocenters. The van der Waals surface area contributed by atoms with Gasteiger partial charge in [-0.1, -0.05) is 23.7 Å². The molecule has 0 aromatic heterocycles. The summed E-state index contributed by atoms with van der Waals surface area (Å²) in [6.45, 7) is 0.260. The third-order valence-corrected chi connectivity index (χ3v) is 4.94. The minimum absolute atomic E-state index is 0.0605. The van der Waals surface area contributed by atoms with Crippen molar-refractivity contribution in [1.82, 2.24) is 0 Å². The lowest BCUT2D eigenvalue weighted by Gasteiger charge is -2.11. The van der Waals surface area contributed by atoms with E-state index in [1.807, 2.05) is 0 Å². The summed E-state index contributed by atoms with van der Waals surface area (Å²) in [5.41, 5.74) is -0.0212. The fourth-order valence-corrected chi connectivity index (χ4v) is 3.37. The molecule has 0 bridgehead atoms. The molecule has 3 N–H and O–H groups in total. The quantitative estimate of drug-likeness (QED) is 0.365. The molecule has 0 aliphatic rings. The molecular formula is C15H16ClN3O5S. The van der Waals surface area contributed by atoms with Crippen molar-refractivity contribution >= 4 is 38.7 Å². The Morgan fingerprint density at radius 1 is 1.16 bits per heavy atom. The van der Waals surface area contributed by atoms with Crippen LogP contribution in [0.25, 0.3) is 0 Å². The first-order valence-electron chi connectivity index (χ1n) is 7.25. The minimum Gasteiger partial charge on any atom is -0.396 e. The van der Waals surface area contributed by atoms with Gasteiger partial charge in [0.05, 0.1) is 20.5 Å². The van der Waals surface area contributed by atoms with E-state index in [2.05, 4.69) is 10.0 Å². The number of nitro groups is 1. The number of hydrogen-bond acceptors (Lipinski definition) is 6. The molecule has 0 saturated carbocycles. The number of para-hydroxylation sites is 1. The summed E-state index contributed by atoms with van der Waals surface area (Å²) in [4.78, 5) is 10.3. The number of sulfonamides is 1. The molecule has 0 amide bonds. The highest BCUT2D eigenvalue weighted by molar-refractivity contribution is 7.92. The molecule has 2 aromatic rings. The number of benzene rings is 2. The van der Waals surface area contributed by atoms with E-state index >= 15 is 0 Å². The minimum atomic E-state index is -4.04. The van der Waals surface area contributed by atoms with E-state index in [0.29, 0.717) is 13.0 Å². The van der Waals surface area contributed by atoms with E-state index in [4.69, 9.17) is 16.7 Å². The van der Waals surface area contributed by atoms with Crippen molar-refractivity contribution in [2.24, 2.45) is 0 Å². The maximum atomic E-state index is 12.5. The van der Waals surface area contributed by atoms with Crippen LogP contribution in [0.2, 0.25) is 5.02 Å². The number of aliphatic hydroxyl groups excluding tert-OH is 1. The van der Waals surface area contributed by atoms with Gasteiger partial charge in [0.25, 0.3) is 15.7 Å². The van der Waals surface area contributed by atoms with Gasteiger partial charge in [0.15, 0.2) is 0 Å². The van der Waals surface area contributed by atoms with Crippen LogP contribution in [-0.4, -0.2) is 31.6 Å². The Morgan fingerprint density at radius 2 is 1.88 bits per heavy atom. The standard InChI is InChI=1S/C15H16ClN3O5S/c16-12-4-1-2-5-13(12)18-25(23,24)11-6-7-14(17-8-3-9-20)15(10-11)19(21)22/h1-2,4-7,10,17-18,20H,3,8-9H2. The first kappa shape index (κ1) is 19.0. The second-order valence-electron chi connectivity index (χ2n) is 5.03. The fourth-order valence-electron chi connectivity index (χ4n) is 2.03. The zero-order chi connectivity index (χ0) is 18.4. The van der Waals surface area contributed by atoms with Crippen molar-refractivity contribution in [3.05, 3.63) is 57.6 Å². The number of hydrogen-bond donors (Lipinski definition) is 3. The molecule has 25 heavy (non-hydrogen) atoms. The number of nitrogens with one attached hydrogen (secondary N) is 2. The highest BCUT2D eigenvalue weighted by Gasteiger charge is 2.22. The SMILES string of the molecule is O=[N+]([O-])c1cc(S(=O)(=O)Nc2ccccc2Cl)ccc1NCCCO. The predicted octanol–water partition coefficient (Wildman–Crippen LogP) is 2.84. The molecule has 0 heterocycles. The summed E-state index contributed by atoms with van der Waals surface area (Å²) < 4.78 is 27.2. The van der Waals surface area contributed by atoms with Crippen molar-refractivity contribution in [3.8, 4) is 0 Å². The van der Waals surface area contributed by atoms with Crippen LogP contribution in [0.15, 0.2) is 47.4 Å². The molecule has 8 nitrogen and oxygen atoms in total. The number of nitro benzene ring substituents is 1. The second-order valence-corrected chi connectivity index (χ2v) is 7.11. The summed E-state index contributed by atoms with van der Waals surface area (Å²) in [5, 5.41) is 23.0. The lowest BCUT2D eigenvalue weighted by molar-refractivity contribution is -0.384. The number of nitrogens with zero attached hydrogens (tertiary/aromatic N) is 1. The monoisotopic (exact) mass is 385 g/mol. The van der Waals surface area contributed by atoms with Gasteiger partial charge in [0, 0.05) is 19.2 Å². The molecule has 2 rings (SSSR count). The van der Waals surface area contributed by atoms with Gasteiger partial charge in [0.2, 0.25) is 0 Å². The average molecular weight is 386 g/mol. The smallest absolute Gasteiger partial charge is 0.293 e. The summed E-state index contributed by atoms with van der Waals surface area (Å²) in [5.74, 6) is 0. The normalized spacial score (nSPS) is 11.1. The first-order chi connectivity index (χ1) is 11.8. The number of anilines is 2. The third-order valence-electron chi connectivity index (χ3n) is 3.24. The summed E-state index contributed by atoms with van der Waals surface area (Å²) in [6, 6.07) is 9.82. The molecule has 0 spiro atoms. The lowest BCUT2D eigenvalue weighted by Crippen LogP contribution is -2.14. The number of rotatable bonds is 8. The molecule has 2 aromatic carbocycles. The van der Waals surface area contributed by atoms with Gasteiger partial charge >= 0.3 is 0 Å². The summed E-state index contributed by atoms with van der Waals surface area (Å²) in [6.07, 6.45) is 0.408. The van der Waals surface area contributed by atoms with Gasteiger partial charge in [-0.3, -0.25) is 14.8 Å². The number of halogens is 1. The number of aliphatic hydroxyl groups is 1. The van der Waals surface area contributed by atoms with E-state index in [0.717, 1.165) is 6.07 Å². The van der Waals surface area contributed by atoms with Crippen molar-refractivity contribution in [3.63, 3.8) is 0 Å². The third kappa shape index (κ3) is 4.81. The molecule has 0 atom stereocenters. The van der Waals surface area contributed by atoms with Crippen LogP contribution >= 0.6 is 11.6 Å². The van der Waals surface area contributed by atoms with Gasteiger partial charge in [-0.05, 0) is 30.7 Å². The summed E-state index contributed by atoms with van der Waals surface area (Å²) in [7, 11) is -4.04. The van der Waals surface area contributed by atoms with Gasteiger partial charge < -0.3 is 10.4 Å². The summed E-state index contributed by atoms with van der Waals surface area (Å²) >= 11 is 5.93. The van der Waals surface area contributed by atoms with E-state index in [9.17, 15) is 18.5 Å². The molecule has 10 heteroatoms. The Balaban J connectivity index is 2.33. The van der Waals surface area contributed by atoms with E-state index in [1.165, 1.54) is 24.3 Å². The van der Waals surface area contributed by atoms with Crippen molar-refractivity contribution in [2.45, 2.75) is 11.3 Å². The molecule has 0 aliphatic carbocycles. The van der Waals surface area contributed by atoms with E-state index in [1.54, 1.807) is 12.1 Å². The van der Waals surface area contributed by atoms with Crippen molar-refractivity contribution in [1.29, 1.82) is 0 Å². The molecule has 0 fully saturated rings. The molecule has 0 radical (unpaired) electrons. The van der Waals surface area contributed by atoms with E-state index < -0.39 is 14.9 Å². The lowest BCUT2D eigenvalue weighted by atomic mass is 10.2. The Morgan fingerprint density at radius 3 is 2.52 bits per heavy atom. The van der Waals surface area contributed by atoms with Crippen LogP contribution in [-0.2, 0) is 10.0 Å². The van der Waals surface area contributed by atoms with Gasteiger partial charge in [-0.25, -0.2) is 8.42 Å². The van der Waals surface area contributed by atoms with E-state index in [-0.39, 0.29) is 33.6 Å². The zero-order valence-electron chi connectivity index (χ0n) is 13.0. The van der Waals surface area contributed by atoms with Crippen molar-refractivity contribution < 1.29 is 18.4 Å². The second kappa shape index (κ2) is 8.15. The van der Waals surface area contributed by atoms with Crippen LogP contribution in [0, 0.1) is 10.1 Å². The van der Waals surface area contributed by atoms with Gasteiger partial charge in [-0.2, -0.15) is 0 Å². The largest absolute Gasteiger partial charge is 0.396 e. The highest BCUT2D eigenvalue weighted by Crippen LogP contribution is 2.29. The van der Waals surface area contributed by atoms with Crippen LogP contribution < -0.4 is 10.0 Å². The van der Waals surface area contributed by atoms with Crippen LogP contribution in [0.1, 0.15) is 6.42 Å². The Kier molecular flexibility index (Phi) is 6.18. The average Bonchev–Trinajstić information content (AvgIpc) is 2.57. The molecular weight excluding hydrogens is 370 g/mol. The topological polar surface area (TPSA) is 122 Å². The maximum absolute atomic E-state index is 12.5. The Hall–Kier alpha value is -2.36. The van der Waals surface area contributed by atoms with Crippen LogP contribution in [0.5, 0.6) is 0 Å². The maximum Gasteiger partial charge on any atom is 0.293 e. The fraction of sp³-hybridized carbons (Fsp3) is 0.200.